The minimum Gasteiger partial charge on any atom is -0.604 e. The Balaban J connectivity index is 2.81. The molecule has 2 rings (SSSR count). The van der Waals surface area contributed by atoms with Gasteiger partial charge in [-0.25, -0.2) is 4.68 Å². The number of hydrogen-bond donors (Lipinski definition) is 1. The molecule has 1 atom stereocenters. The molecule has 28 heavy (non-hydrogen) atoms. The summed E-state index contributed by atoms with van der Waals surface area (Å²) in [6.07, 6.45) is -10.5. The molecule has 1 heterocycles. The van der Waals surface area contributed by atoms with Gasteiger partial charge in [0.05, 0.1) is 15.6 Å². The predicted octanol–water partition coefficient (Wildman–Crippen LogP) is 5.43. The van der Waals surface area contributed by atoms with Crippen LogP contribution in [0.5, 0.6) is 0 Å². The zero-order chi connectivity index (χ0) is 21.8. The van der Waals surface area contributed by atoms with Gasteiger partial charge in [-0.3, -0.25) is 0 Å². The lowest BCUT2D eigenvalue weighted by atomic mass is 10.2. The summed E-state index contributed by atoms with van der Waals surface area (Å²) < 4.78 is 127. The van der Waals surface area contributed by atoms with Gasteiger partial charge in [-0.1, -0.05) is 23.2 Å². The molecule has 0 amide bonds. The third-order valence-electron chi connectivity index (χ3n) is 3.10. The number of nitrogens with zero attached hydrogens (tertiary/aromatic N) is 2. The van der Waals surface area contributed by atoms with Crippen molar-refractivity contribution in [3.8, 4) is 5.69 Å². The lowest BCUT2D eigenvalue weighted by Gasteiger charge is -2.14. The Kier molecular flexibility index (Phi) is 5.75. The number of alkyl halides is 9. The van der Waals surface area contributed by atoms with Crippen molar-refractivity contribution in [3.05, 3.63) is 33.4 Å². The number of anilines is 1. The van der Waals surface area contributed by atoms with Crippen LogP contribution in [0.3, 0.4) is 0 Å². The van der Waals surface area contributed by atoms with E-state index in [0.717, 1.165) is 0 Å². The van der Waals surface area contributed by atoms with Crippen molar-refractivity contribution in [1.29, 1.82) is 0 Å². The van der Waals surface area contributed by atoms with Gasteiger partial charge in [0.2, 0.25) is 10.6 Å². The van der Waals surface area contributed by atoms with Crippen LogP contribution in [0.1, 0.15) is 11.3 Å². The first-order valence-corrected chi connectivity index (χ1v) is 8.37. The molecule has 0 saturated heterocycles. The highest BCUT2D eigenvalue weighted by atomic mass is 35.5. The Bertz CT molecular complexity index is 884. The fourth-order valence-electron chi connectivity index (χ4n) is 2.00. The number of nitrogen functional groups attached to an aromatic ring is 1. The molecule has 156 valence electrons. The van der Waals surface area contributed by atoms with E-state index in [-0.39, 0.29) is 16.8 Å². The highest BCUT2D eigenvalue weighted by molar-refractivity contribution is 7.92. The Morgan fingerprint density at radius 3 is 1.75 bits per heavy atom. The average Bonchev–Trinajstić information content (AvgIpc) is 2.81. The van der Waals surface area contributed by atoms with E-state index in [2.05, 4.69) is 5.10 Å². The summed E-state index contributed by atoms with van der Waals surface area (Å²) in [6, 6.07) is 0.523. The molecule has 0 fully saturated rings. The number of halogens is 11. The van der Waals surface area contributed by atoms with E-state index in [1.807, 2.05) is 0 Å². The fourth-order valence-corrected chi connectivity index (χ4v) is 3.49. The Hall–Kier alpha value is -1.51. The normalized spacial score (nSPS) is 14.4. The minimum atomic E-state index is -5.63. The Labute approximate surface area is 162 Å². The van der Waals surface area contributed by atoms with E-state index < -0.39 is 66.7 Å². The summed E-state index contributed by atoms with van der Waals surface area (Å²) in [5.41, 5.74) is -4.87. The largest absolute Gasteiger partial charge is 0.604 e. The molecular weight excluding hydrogens is 476 g/mol. The second-order valence-corrected chi connectivity index (χ2v) is 7.20. The lowest BCUT2D eigenvalue weighted by Crippen LogP contribution is -2.26. The van der Waals surface area contributed by atoms with E-state index in [9.17, 15) is 44.1 Å². The number of benzene rings is 1. The lowest BCUT2D eigenvalue weighted by molar-refractivity contribution is -0.143. The van der Waals surface area contributed by atoms with Crippen LogP contribution in [0.15, 0.2) is 17.0 Å². The van der Waals surface area contributed by atoms with Crippen LogP contribution < -0.4 is 5.73 Å². The molecule has 0 bridgehead atoms. The van der Waals surface area contributed by atoms with Crippen LogP contribution >= 0.6 is 23.2 Å². The zero-order valence-corrected chi connectivity index (χ0v) is 14.9. The standard InChI is InChI=1S/C12H4Cl2F9N3OS/c13-4-1-3(10(15,16)17)2-5(14)6(4)26-9(24)7(28(27)12(21,22)23)8(25-26)11(18,19)20/h1-2H,24H2. The molecule has 0 saturated carbocycles. The van der Waals surface area contributed by atoms with Gasteiger partial charge in [-0.2, -0.15) is 31.4 Å². The first kappa shape index (κ1) is 22.8. The summed E-state index contributed by atoms with van der Waals surface area (Å²) >= 11 is 6.98. The first-order valence-electron chi connectivity index (χ1n) is 6.47. The highest BCUT2D eigenvalue weighted by Crippen LogP contribution is 2.44. The summed E-state index contributed by atoms with van der Waals surface area (Å²) in [5.74, 6) is -1.41. The van der Waals surface area contributed by atoms with Crippen LogP contribution in [0.4, 0.5) is 45.3 Å². The molecule has 0 spiro atoms. The van der Waals surface area contributed by atoms with Crippen LogP contribution in [-0.4, -0.2) is 19.8 Å². The van der Waals surface area contributed by atoms with Gasteiger partial charge >= 0.3 is 17.9 Å². The van der Waals surface area contributed by atoms with E-state index in [4.69, 9.17) is 28.9 Å². The van der Waals surface area contributed by atoms with E-state index in [1.165, 1.54) is 0 Å². The predicted molar refractivity (Wildman–Crippen MR) is 80.5 cm³/mol. The first-order chi connectivity index (χ1) is 12.5. The van der Waals surface area contributed by atoms with Gasteiger partial charge in [0.25, 0.3) is 0 Å². The van der Waals surface area contributed by atoms with Crippen molar-refractivity contribution in [3.63, 3.8) is 0 Å². The van der Waals surface area contributed by atoms with E-state index in [0.29, 0.717) is 0 Å². The van der Waals surface area contributed by atoms with Crippen molar-refractivity contribution < 1.29 is 44.1 Å². The third-order valence-corrected chi connectivity index (χ3v) is 4.87. The van der Waals surface area contributed by atoms with Crippen molar-refractivity contribution in [2.45, 2.75) is 22.8 Å². The summed E-state index contributed by atoms with van der Waals surface area (Å²) in [7, 11) is 0. The Morgan fingerprint density at radius 2 is 1.39 bits per heavy atom. The monoisotopic (exact) mass is 479 g/mol. The molecular formula is C12H4Cl2F9N3OS. The average molecular weight is 480 g/mol. The van der Waals surface area contributed by atoms with E-state index in [1.54, 1.807) is 0 Å². The number of nitrogens with two attached hydrogens (primary N) is 1. The molecule has 1 unspecified atom stereocenters. The van der Waals surface area contributed by atoms with Gasteiger partial charge in [0, 0.05) is 0 Å². The summed E-state index contributed by atoms with van der Waals surface area (Å²) in [5, 5.41) is 1.00. The SMILES string of the molecule is Nc1c([S+]([O-])C(F)(F)F)c(C(F)(F)F)nn1-c1c(Cl)cc(C(F)(F)F)cc1Cl. The zero-order valence-electron chi connectivity index (χ0n) is 12.6. The number of aromatic nitrogens is 2. The van der Waals surface area contributed by atoms with Crippen molar-refractivity contribution in [2.24, 2.45) is 0 Å². The molecule has 1 aromatic heterocycles. The van der Waals surface area contributed by atoms with Crippen LogP contribution in [0, 0.1) is 0 Å². The van der Waals surface area contributed by atoms with Crippen molar-refractivity contribution >= 4 is 40.2 Å². The molecule has 0 aliphatic carbocycles. The maximum atomic E-state index is 13.1. The summed E-state index contributed by atoms with van der Waals surface area (Å²) in [4.78, 5) is -1.92. The molecule has 0 radical (unpaired) electrons. The maximum absolute atomic E-state index is 13.1. The molecule has 1 aromatic carbocycles. The Morgan fingerprint density at radius 1 is 0.929 bits per heavy atom. The quantitative estimate of drug-likeness (QED) is 0.461. The second kappa shape index (κ2) is 7.07. The van der Waals surface area contributed by atoms with Gasteiger partial charge in [-0.15, -0.1) is 13.2 Å². The smallest absolute Gasteiger partial charge is 0.578 e. The van der Waals surface area contributed by atoms with Crippen LogP contribution in [0.2, 0.25) is 10.0 Å². The van der Waals surface area contributed by atoms with Crippen molar-refractivity contribution in [2.75, 3.05) is 5.73 Å². The second-order valence-electron chi connectivity index (χ2n) is 4.97. The fraction of sp³-hybridized carbons (Fsp3) is 0.250. The molecule has 0 aliphatic rings. The molecule has 2 N–H and O–H groups in total. The molecule has 2 aromatic rings. The third kappa shape index (κ3) is 4.23. The molecule has 0 aliphatic heterocycles. The molecule has 16 heteroatoms. The van der Waals surface area contributed by atoms with Crippen LogP contribution in [-0.2, 0) is 23.5 Å². The van der Waals surface area contributed by atoms with Gasteiger partial charge < -0.3 is 10.3 Å². The van der Waals surface area contributed by atoms with Crippen LogP contribution in [0.25, 0.3) is 5.69 Å². The van der Waals surface area contributed by atoms with Gasteiger partial charge in [0.1, 0.15) is 16.9 Å². The number of hydrogen-bond acceptors (Lipinski definition) is 3. The maximum Gasteiger partial charge on any atom is 0.578 e. The van der Waals surface area contributed by atoms with Crippen molar-refractivity contribution in [1.82, 2.24) is 9.78 Å². The topological polar surface area (TPSA) is 66.9 Å². The van der Waals surface area contributed by atoms with Gasteiger partial charge in [-0.05, 0) is 12.1 Å². The van der Waals surface area contributed by atoms with Gasteiger partial charge in [0.15, 0.2) is 5.82 Å². The van der Waals surface area contributed by atoms with E-state index >= 15 is 0 Å². The summed E-state index contributed by atoms with van der Waals surface area (Å²) in [6.45, 7) is 0. The number of rotatable bonds is 2. The highest BCUT2D eigenvalue weighted by Gasteiger charge is 2.54. The minimum absolute atomic E-state index is 0.0490. The molecule has 4 nitrogen and oxygen atoms in total.